The van der Waals surface area contributed by atoms with E-state index in [4.69, 9.17) is 0 Å². The average Bonchev–Trinajstić information content (AvgIpc) is 3.01. The average molecular weight is 584 g/mol. The van der Waals surface area contributed by atoms with Crippen molar-refractivity contribution in [1.29, 1.82) is 0 Å². The van der Waals surface area contributed by atoms with Gasteiger partial charge in [-0.25, -0.2) is 4.39 Å². The maximum absolute atomic E-state index is 14.4. The predicted octanol–water partition coefficient (Wildman–Crippen LogP) is 13.3. The van der Waals surface area contributed by atoms with Crippen molar-refractivity contribution in [2.45, 2.75) is 94.9 Å². The van der Waals surface area contributed by atoms with Gasteiger partial charge in [-0.05, 0) is 112 Å². The van der Waals surface area contributed by atoms with E-state index in [1.807, 2.05) is 32.9 Å². The van der Waals surface area contributed by atoms with E-state index in [0.717, 1.165) is 48.3 Å². The minimum atomic E-state index is -0.172. The summed E-state index contributed by atoms with van der Waals surface area (Å²) in [5.41, 5.74) is 9.90. The van der Waals surface area contributed by atoms with Crippen molar-refractivity contribution in [3.8, 4) is 0 Å². The standard InChI is InChI=1S/C33H38FN.C5H10.C2H6.CH4/c1-7-13-27(9-3)32(28-14-11-10-12-15-28)21-26(6)31-22-29(18-16-24(31)4)35(20-8-2)30-19-17-25(5)33(34)23-30;1-4-5(2)3;1-2;/h7,9-19,22-23,32H,6,8,20-21H2,1-5H3;2,4H2,1,3H3;1-2H3;1H4/b13-7-,27-9+;;;. The molecule has 0 saturated carbocycles. The zero-order valence-electron chi connectivity index (χ0n) is 27.7. The third-order valence-electron chi connectivity index (χ3n) is 7.18. The largest absolute Gasteiger partial charge is 0.341 e. The highest BCUT2D eigenvalue weighted by Crippen LogP contribution is 2.37. The van der Waals surface area contributed by atoms with Crippen molar-refractivity contribution in [2.75, 3.05) is 11.4 Å². The second-order valence-corrected chi connectivity index (χ2v) is 10.5. The van der Waals surface area contributed by atoms with Crippen LogP contribution in [-0.4, -0.2) is 6.54 Å². The van der Waals surface area contributed by atoms with Crippen LogP contribution >= 0.6 is 0 Å². The van der Waals surface area contributed by atoms with Crippen molar-refractivity contribution < 1.29 is 4.39 Å². The molecule has 0 aliphatic heterocycles. The van der Waals surface area contributed by atoms with E-state index in [9.17, 15) is 4.39 Å². The van der Waals surface area contributed by atoms with E-state index in [-0.39, 0.29) is 19.2 Å². The third-order valence-corrected chi connectivity index (χ3v) is 7.18. The first kappa shape index (κ1) is 39.4. The molecule has 0 radical (unpaired) electrons. The Labute approximate surface area is 264 Å². The molecule has 1 atom stereocenters. The highest BCUT2D eigenvalue weighted by molar-refractivity contribution is 5.74. The molecule has 3 aromatic carbocycles. The van der Waals surface area contributed by atoms with Crippen LogP contribution in [0, 0.1) is 19.7 Å². The smallest absolute Gasteiger partial charge is 0.128 e. The van der Waals surface area contributed by atoms with Gasteiger partial charge < -0.3 is 4.90 Å². The van der Waals surface area contributed by atoms with Gasteiger partial charge in [0.2, 0.25) is 0 Å². The maximum Gasteiger partial charge on any atom is 0.128 e. The number of anilines is 2. The highest BCUT2D eigenvalue weighted by Gasteiger charge is 2.19. The number of nitrogens with zero attached hydrogens (tertiary/aromatic N) is 1. The van der Waals surface area contributed by atoms with Crippen LogP contribution in [0.25, 0.3) is 5.57 Å². The van der Waals surface area contributed by atoms with Gasteiger partial charge in [0.05, 0.1) is 0 Å². The van der Waals surface area contributed by atoms with Crippen molar-refractivity contribution in [3.63, 3.8) is 0 Å². The molecule has 0 heterocycles. The molecule has 0 saturated heterocycles. The molecule has 2 heteroatoms. The summed E-state index contributed by atoms with van der Waals surface area (Å²) in [6, 6.07) is 22.7. The normalized spacial score (nSPS) is 11.3. The predicted molar refractivity (Wildman–Crippen MR) is 194 cm³/mol. The van der Waals surface area contributed by atoms with Crippen LogP contribution in [0.4, 0.5) is 15.8 Å². The lowest BCUT2D eigenvalue weighted by atomic mass is 9.83. The molecule has 0 fully saturated rings. The SMILES string of the molecule is C.C=C(C)CC.C=C(CC(C(/C=C\C)=C/C)c1ccccc1)c1cc(N(CCC)c2ccc(C)c(F)c2)ccc1C.CC. The van der Waals surface area contributed by atoms with Crippen LogP contribution in [0.2, 0.25) is 0 Å². The van der Waals surface area contributed by atoms with Crippen LogP contribution in [0.15, 0.2) is 109 Å². The molecular weight excluding hydrogens is 525 g/mol. The Morgan fingerprint density at radius 3 is 1.93 bits per heavy atom. The first-order valence-corrected chi connectivity index (χ1v) is 15.5. The summed E-state index contributed by atoms with van der Waals surface area (Å²) in [6.07, 6.45) is 9.39. The monoisotopic (exact) mass is 583 g/mol. The summed E-state index contributed by atoms with van der Waals surface area (Å²) in [6.45, 7) is 27.4. The lowest BCUT2D eigenvalue weighted by Crippen LogP contribution is -2.18. The Balaban J connectivity index is 0.00000200. The van der Waals surface area contributed by atoms with E-state index in [2.05, 4.69) is 119 Å². The second kappa shape index (κ2) is 21.1. The molecule has 3 aromatic rings. The van der Waals surface area contributed by atoms with E-state index >= 15 is 0 Å². The number of hydrogen-bond acceptors (Lipinski definition) is 1. The van der Waals surface area contributed by atoms with Gasteiger partial charge in [-0.3, -0.25) is 0 Å². The van der Waals surface area contributed by atoms with Crippen molar-refractivity contribution in [3.05, 3.63) is 137 Å². The quantitative estimate of drug-likeness (QED) is 0.160. The lowest BCUT2D eigenvalue weighted by molar-refractivity contribution is 0.618. The summed E-state index contributed by atoms with van der Waals surface area (Å²) < 4.78 is 14.4. The van der Waals surface area contributed by atoms with E-state index in [1.165, 1.54) is 22.3 Å². The van der Waals surface area contributed by atoms with Crippen molar-refractivity contribution in [2.24, 2.45) is 0 Å². The van der Waals surface area contributed by atoms with E-state index in [1.54, 1.807) is 13.0 Å². The molecule has 0 aromatic heterocycles. The van der Waals surface area contributed by atoms with E-state index < -0.39 is 0 Å². The molecule has 0 aliphatic carbocycles. The zero-order valence-corrected chi connectivity index (χ0v) is 27.7. The van der Waals surface area contributed by atoms with Gasteiger partial charge in [0.25, 0.3) is 0 Å². The molecule has 0 aliphatic rings. The van der Waals surface area contributed by atoms with Gasteiger partial charge in [-0.2, -0.15) is 0 Å². The number of allylic oxidation sites excluding steroid dienone is 6. The van der Waals surface area contributed by atoms with Crippen LogP contribution in [0.3, 0.4) is 0 Å². The maximum atomic E-state index is 14.4. The fourth-order valence-corrected chi connectivity index (χ4v) is 4.62. The Morgan fingerprint density at radius 1 is 0.884 bits per heavy atom. The molecule has 0 spiro atoms. The number of halogens is 1. The molecule has 1 unspecified atom stereocenters. The Morgan fingerprint density at radius 2 is 1.44 bits per heavy atom. The van der Waals surface area contributed by atoms with E-state index in [0.29, 0.717) is 5.56 Å². The van der Waals surface area contributed by atoms with Gasteiger partial charge >= 0.3 is 0 Å². The molecule has 3 rings (SSSR count). The molecule has 0 N–H and O–H groups in total. The number of aryl methyl sites for hydroxylation is 2. The van der Waals surface area contributed by atoms with Crippen molar-refractivity contribution in [1.82, 2.24) is 0 Å². The topological polar surface area (TPSA) is 3.24 Å². The molecular formula is C41H58FN. The first-order valence-electron chi connectivity index (χ1n) is 15.5. The van der Waals surface area contributed by atoms with Crippen LogP contribution in [0.5, 0.6) is 0 Å². The minimum Gasteiger partial charge on any atom is -0.341 e. The number of hydrogen-bond donors (Lipinski definition) is 0. The summed E-state index contributed by atoms with van der Waals surface area (Å²) in [5, 5.41) is 0. The summed E-state index contributed by atoms with van der Waals surface area (Å²) >= 11 is 0. The van der Waals surface area contributed by atoms with Crippen LogP contribution in [0.1, 0.15) is 103 Å². The fraction of sp³-hybridized carbons (Fsp3) is 0.366. The molecule has 0 amide bonds. The fourth-order valence-electron chi connectivity index (χ4n) is 4.62. The van der Waals surface area contributed by atoms with Gasteiger partial charge in [0.15, 0.2) is 0 Å². The minimum absolute atomic E-state index is 0. The van der Waals surface area contributed by atoms with Gasteiger partial charge in [0.1, 0.15) is 5.82 Å². The van der Waals surface area contributed by atoms with Crippen LogP contribution < -0.4 is 4.90 Å². The first-order chi connectivity index (χ1) is 20.2. The summed E-state index contributed by atoms with van der Waals surface area (Å²) in [7, 11) is 0. The molecule has 234 valence electrons. The molecule has 0 bridgehead atoms. The second-order valence-electron chi connectivity index (χ2n) is 10.5. The Hall–Kier alpha value is -3.65. The zero-order chi connectivity index (χ0) is 31.7. The van der Waals surface area contributed by atoms with Gasteiger partial charge in [-0.1, -0.05) is 108 Å². The highest BCUT2D eigenvalue weighted by atomic mass is 19.1. The number of benzene rings is 3. The lowest BCUT2D eigenvalue weighted by Gasteiger charge is -2.27. The van der Waals surface area contributed by atoms with Gasteiger partial charge in [0, 0.05) is 23.8 Å². The van der Waals surface area contributed by atoms with Crippen LogP contribution in [-0.2, 0) is 0 Å². The van der Waals surface area contributed by atoms with Gasteiger partial charge in [-0.15, -0.1) is 6.58 Å². The Bertz CT molecular complexity index is 1310. The Kier molecular flexibility index (Phi) is 19.3. The number of rotatable bonds is 11. The van der Waals surface area contributed by atoms with Crippen molar-refractivity contribution >= 4 is 16.9 Å². The summed E-state index contributed by atoms with van der Waals surface area (Å²) in [5.74, 6) is 0.0554. The molecule has 43 heavy (non-hydrogen) atoms. The third kappa shape index (κ3) is 12.2. The molecule has 1 nitrogen and oxygen atoms in total. The summed E-state index contributed by atoms with van der Waals surface area (Å²) in [4.78, 5) is 2.20.